The molecule has 0 bridgehead atoms. The van der Waals surface area contributed by atoms with Gasteiger partial charge in [-0.1, -0.05) is 6.07 Å². The maximum absolute atomic E-state index is 12.3. The highest BCUT2D eigenvalue weighted by Crippen LogP contribution is 2.28. The second-order valence-corrected chi connectivity index (χ2v) is 3.19. The van der Waals surface area contributed by atoms with Crippen LogP contribution >= 0.6 is 0 Å². The zero-order chi connectivity index (χ0) is 11.6. The molecular weight excluding hydrogens is 217 g/mol. The molecule has 0 amide bonds. The molecule has 2 rings (SSSR count). The molecule has 0 aliphatic carbocycles. The summed E-state index contributed by atoms with van der Waals surface area (Å²) in [6, 6.07) is 7.73. The molecule has 82 valence electrons. The lowest BCUT2D eigenvalue weighted by molar-refractivity contribution is -0.599. The fraction of sp³-hybridized carbons (Fsp3) is 0.0909. The van der Waals surface area contributed by atoms with E-state index in [4.69, 9.17) is 0 Å². The van der Waals surface area contributed by atoms with E-state index in [1.165, 1.54) is 6.07 Å². The molecule has 2 aromatic rings. The molecule has 0 spiro atoms. The van der Waals surface area contributed by atoms with E-state index < -0.39 is 11.7 Å². The Bertz CT molecular complexity index is 463. The molecule has 0 radical (unpaired) electrons. The Morgan fingerprint density at radius 2 is 1.69 bits per heavy atom. The zero-order valence-corrected chi connectivity index (χ0v) is 8.15. The first kappa shape index (κ1) is 10.6. The van der Waals surface area contributed by atoms with Gasteiger partial charge in [0.2, 0.25) is 0 Å². The first-order valence-electron chi connectivity index (χ1n) is 4.57. The largest absolute Gasteiger partial charge is 0.420 e. The number of aromatic nitrogens is 2. The van der Waals surface area contributed by atoms with Crippen LogP contribution in [0.4, 0.5) is 13.2 Å². The quantitative estimate of drug-likeness (QED) is 0.681. The van der Waals surface area contributed by atoms with Gasteiger partial charge in [0.05, 0.1) is 18.0 Å². The molecule has 0 fully saturated rings. The lowest BCUT2D eigenvalue weighted by atomic mass is 10.3. The first-order chi connectivity index (χ1) is 7.57. The minimum atomic E-state index is -4.34. The highest BCUT2D eigenvalue weighted by Gasteiger charge is 2.32. The molecule has 2 nitrogen and oxygen atoms in total. The average Bonchev–Trinajstić information content (AvgIpc) is 2.29. The highest BCUT2D eigenvalue weighted by atomic mass is 19.4. The summed E-state index contributed by atoms with van der Waals surface area (Å²) in [6.45, 7) is 0. The standard InChI is InChI=1S/C11H8F3N2/c12-11(13,14)9-4-5-10(15-8-9)16-6-2-1-3-7-16/h1-8H/q+1. The van der Waals surface area contributed by atoms with Crippen LogP contribution < -0.4 is 4.57 Å². The summed E-state index contributed by atoms with van der Waals surface area (Å²) >= 11 is 0. The van der Waals surface area contributed by atoms with E-state index in [1.54, 1.807) is 29.1 Å². The SMILES string of the molecule is FC(F)(F)c1ccc(-[n+]2ccccc2)nc1. The number of hydrogen-bond donors (Lipinski definition) is 0. The van der Waals surface area contributed by atoms with Crippen LogP contribution in [0.5, 0.6) is 0 Å². The van der Waals surface area contributed by atoms with Crippen LogP contribution in [0.15, 0.2) is 48.9 Å². The van der Waals surface area contributed by atoms with Crippen molar-refractivity contribution in [3.05, 3.63) is 54.5 Å². The third kappa shape index (κ3) is 2.18. The van der Waals surface area contributed by atoms with Crippen molar-refractivity contribution in [1.29, 1.82) is 0 Å². The molecule has 0 aliphatic heterocycles. The van der Waals surface area contributed by atoms with E-state index in [0.717, 1.165) is 12.3 Å². The van der Waals surface area contributed by atoms with Gasteiger partial charge < -0.3 is 0 Å². The molecule has 0 aromatic carbocycles. The van der Waals surface area contributed by atoms with E-state index in [-0.39, 0.29) is 0 Å². The van der Waals surface area contributed by atoms with Crippen LogP contribution in [0.2, 0.25) is 0 Å². The van der Waals surface area contributed by atoms with Gasteiger partial charge in [-0.3, -0.25) is 0 Å². The van der Waals surface area contributed by atoms with Crippen molar-refractivity contribution in [3.63, 3.8) is 0 Å². The Morgan fingerprint density at radius 1 is 1.00 bits per heavy atom. The Balaban J connectivity index is 2.34. The van der Waals surface area contributed by atoms with Gasteiger partial charge in [-0.2, -0.15) is 13.2 Å². The minimum absolute atomic E-state index is 0.452. The topological polar surface area (TPSA) is 16.8 Å². The average molecular weight is 225 g/mol. The third-order valence-corrected chi connectivity index (χ3v) is 2.06. The number of halogens is 3. The third-order valence-electron chi connectivity index (χ3n) is 2.06. The number of hydrogen-bond acceptors (Lipinski definition) is 1. The molecule has 5 heteroatoms. The molecule has 0 saturated heterocycles. The van der Waals surface area contributed by atoms with Crippen LogP contribution in [-0.4, -0.2) is 4.98 Å². The van der Waals surface area contributed by atoms with E-state index >= 15 is 0 Å². The fourth-order valence-electron chi connectivity index (χ4n) is 1.26. The van der Waals surface area contributed by atoms with Crippen LogP contribution in [0.25, 0.3) is 5.82 Å². The predicted octanol–water partition coefficient (Wildman–Crippen LogP) is 2.38. The van der Waals surface area contributed by atoms with Gasteiger partial charge in [0, 0.05) is 6.07 Å². The summed E-state index contributed by atoms with van der Waals surface area (Å²) in [4.78, 5) is 3.76. The summed E-state index contributed by atoms with van der Waals surface area (Å²) in [5, 5.41) is 0. The molecule has 2 heterocycles. The highest BCUT2D eigenvalue weighted by molar-refractivity contribution is 5.20. The molecule has 16 heavy (non-hydrogen) atoms. The predicted molar refractivity (Wildman–Crippen MR) is 50.8 cm³/mol. The second kappa shape index (κ2) is 3.92. The molecular formula is C11H8F3N2+. The summed E-state index contributed by atoms with van der Waals surface area (Å²) in [5.74, 6) is 0.452. The lowest BCUT2D eigenvalue weighted by Crippen LogP contribution is -2.30. The number of pyridine rings is 2. The van der Waals surface area contributed by atoms with Crippen molar-refractivity contribution in [2.24, 2.45) is 0 Å². The summed E-state index contributed by atoms with van der Waals surface area (Å²) in [6.07, 6.45) is -0.0760. The van der Waals surface area contributed by atoms with Crippen molar-refractivity contribution in [2.75, 3.05) is 0 Å². The molecule has 0 saturated carbocycles. The Hall–Kier alpha value is -1.91. The monoisotopic (exact) mass is 225 g/mol. The summed E-state index contributed by atoms with van der Waals surface area (Å²) in [5.41, 5.74) is -0.743. The number of rotatable bonds is 1. The summed E-state index contributed by atoms with van der Waals surface area (Å²) in [7, 11) is 0. The minimum Gasteiger partial charge on any atom is -0.203 e. The van der Waals surface area contributed by atoms with Crippen LogP contribution in [0.3, 0.4) is 0 Å². The van der Waals surface area contributed by atoms with Gasteiger partial charge in [-0.25, -0.2) is 4.57 Å². The molecule has 0 aliphatic rings. The zero-order valence-electron chi connectivity index (χ0n) is 8.15. The van der Waals surface area contributed by atoms with Gasteiger partial charge in [-0.15, -0.1) is 0 Å². The van der Waals surface area contributed by atoms with Gasteiger partial charge in [-0.05, 0) is 23.2 Å². The smallest absolute Gasteiger partial charge is 0.203 e. The Labute approximate surface area is 90.0 Å². The number of alkyl halides is 3. The number of nitrogens with zero attached hydrogens (tertiary/aromatic N) is 2. The van der Waals surface area contributed by atoms with Crippen LogP contribution in [0, 0.1) is 0 Å². The normalized spacial score (nSPS) is 11.4. The van der Waals surface area contributed by atoms with Gasteiger partial charge in [0.25, 0.3) is 0 Å². The first-order valence-corrected chi connectivity index (χ1v) is 4.57. The van der Waals surface area contributed by atoms with E-state index in [2.05, 4.69) is 4.98 Å². The van der Waals surface area contributed by atoms with Crippen molar-refractivity contribution in [1.82, 2.24) is 4.98 Å². The molecule has 0 N–H and O–H groups in total. The van der Waals surface area contributed by atoms with Gasteiger partial charge in [0.15, 0.2) is 6.20 Å². The van der Waals surface area contributed by atoms with Crippen molar-refractivity contribution in [2.45, 2.75) is 6.18 Å². The van der Waals surface area contributed by atoms with Crippen molar-refractivity contribution >= 4 is 0 Å². The van der Waals surface area contributed by atoms with Crippen molar-refractivity contribution in [3.8, 4) is 5.82 Å². The molecule has 0 atom stereocenters. The lowest BCUT2D eigenvalue weighted by Gasteiger charge is -2.03. The van der Waals surface area contributed by atoms with Crippen molar-refractivity contribution < 1.29 is 17.7 Å². The summed E-state index contributed by atoms with van der Waals surface area (Å²) < 4.78 is 38.5. The molecule has 0 unspecified atom stereocenters. The maximum atomic E-state index is 12.3. The second-order valence-electron chi connectivity index (χ2n) is 3.19. The van der Waals surface area contributed by atoms with Gasteiger partial charge in [0.1, 0.15) is 0 Å². The van der Waals surface area contributed by atoms with E-state index in [9.17, 15) is 13.2 Å². The molecule has 2 aromatic heterocycles. The van der Waals surface area contributed by atoms with E-state index in [1.807, 2.05) is 6.07 Å². The fourth-order valence-corrected chi connectivity index (χ4v) is 1.26. The van der Waals surface area contributed by atoms with Crippen LogP contribution in [-0.2, 0) is 6.18 Å². The maximum Gasteiger partial charge on any atom is 0.420 e. The van der Waals surface area contributed by atoms with E-state index in [0.29, 0.717) is 5.82 Å². The Morgan fingerprint density at radius 3 is 2.19 bits per heavy atom. The Kier molecular flexibility index (Phi) is 2.60. The van der Waals surface area contributed by atoms with Gasteiger partial charge >= 0.3 is 12.0 Å². The van der Waals surface area contributed by atoms with Crippen LogP contribution in [0.1, 0.15) is 5.56 Å².